The van der Waals surface area contributed by atoms with Crippen LogP contribution in [0.4, 0.5) is 0 Å². The van der Waals surface area contributed by atoms with E-state index >= 15 is 0 Å². The molecule has 0 aliphatic carbocycles. The molecule has 0 saturated heterocycles. The zero-order valence-corrected chi connectivity index (χ0v) is 18.3. The van der Waals surface area contributed by atoms with E-state index in [9.17, 15) is 0 Å². The number of hydrogen-bond acceptors (Lipinski definition) is 3. The fraction of sp³-hybridized carbons (Fsp3) is 0.955. The molecule has 161 valence electrons. The number of unbranched alkanes of at least 4 members (excludes halogenated alkanes) is 10. The third kappa shape index (κ3) is 32.0. The zero-order valence-electron chi connectivity index (χ0n) is 16.9. The van der Waals surface area contributed by atoms with Gasteiger partial charge in [-0.05, 0) is 73.0 Å². The summed E-state index contributed by atoms with van der Waals surface area (Å²) in [5.41, 5.74) is 0. The molecule has 3 nitrogen and oxygen atoms in total. The molecule has 2 N–H and O–H groups in total. The van der Waals surface area contributed by atoms with Crippen LogP contribution in [0.25, 0.3) is 0 Å². The first kappa shape index (κ1) is 33.9. The fourth-order valence-electron chi connectivity index (χ4n) is 2.89. The van der Waals surface area contributed by atoms with Crippen LogP contribution in [-0.2, 0) is 17.0 Å². The maximum atomic E-state index is 3.22. The molecule has 4 heteroatoms. The molecule has 0 radical (unpaired) electrons. The molecule has 0 aromatic heterocycles. The van der Waals surface area contributed by atoms with Crippen molar-refractivity contribution in [2.75, 3.05) is 47.3 Å². The molecule has 0 aromatic rings. The number of hydrogen-bond donors (Lipinski definition) is 2. The summed E-state index contributed by atoms with van der Waals surface area (Å²) >= 11 is 2.06. The molecule has 0 spiro atoms. The van der Waals surface area contributed by atoms with E-state index in [1.165, 1.54) is 103 Å². The van der Waals surface area contributed by atoms with Crippen LogP contribution in [0.15, 0.2) is 0 Å². The predicted octanol–water partition coefficient (Wildman–Crippen LogP) is 5.28. The van der Waals surface area contributed by atoms with Gasteiger partial charge in [0, 0.05) is 0 Å². The number of nitrogens with one attached hydrogen (secondary N) is 2. The topological polar surface area (TPSA) is 27.3 Å². The van der Waals surface area contributed by atoms with E-state index in [1.54, 1.807) is 0 Å². The quantitative estimate of drug-likeness (QED) is 0.301. The van der Waals surface area contributed by atoms with E-state index in [0.717, 1.165) is 0 Å². The first-order valence-electron chi connectivity index (χ1n) is 10.1. The van der Waals surface area contributed by atoms with Gasteiger partial charge in [-0.2, -0.15) is 0 Å². The molecule has 0 saturated carbocycles. The summed E-state index contributed by atoms with van der Waals surface area (Å²) in [5.74, 6) is 0. The number of rotatable bonds is 18. The molecule has 0 aromatic carbocycles. The Balaban J connectivity index is -0.000000582. The SMILES string of the molecule is C.C.CNCCCCCCCCN(C)CCCCCCCCNC.[CH2]=[V]. The van der Waals surface area contributed by atoms with Crippen molar-refractivity contribution in [2.45, 2.75) is 91.9 Å². The first-order valence-corrected chi connectivity index (χ1v) is 11.1. The molecule has 0 aliphatic heterocycles. The Bertz CT molecular complexity index is 196. The molecular formula is C22H53N3V. The van der Waals surface area contributed by atoms with Crippen molar-refractivity contribution in [1.82, 2.24) is 15.5 Å². The molecule has 0 atom stereocenters. The average molecular weight is 411 g/mol. The molecule has 0 heterocycles. The minimum atomic E-state index is 0. The van der Waals surface area contributed by atoms with Crippen LogP contribution in [0.2, 0.25) is 0 Å². The average Bonchev–Trinajstić information content (AvgIpc) is 2.61. The van der Waals surface area contributed by atoms with Crippen molar-refractivity contribution >= 4 is 5.23 Å². The summed E-state index contributed by atoms with van der Waals surface area (Å²) < 4.78 is 0. The molecule has 0 aliphatic rings. The van der Waals surface area contributed by atoms with Crippen LogP contribution in [0, 0.1) is 0 Å². The zero-order chi connectivity index (χ0) is 18.3. The standard InChI is InChI=1S/C19H43N3.2CH4.CH2.V/c1-20-16-12-8-4-6-10-14-18-22(3)19-15-11-7-5-9-13-17-21-2;;;;/h20-21H,4-19H2,1-3H3;2*1H4;1H2;. The van der Waals surface area contributed by atoms with E-state index in [1.807, 2.05) is 14.1 Å². The summed E-state index contributed by atoms with van der Waals surface area (Å²) in [5, 5.41) is 9.62. The molecular weight excluding hydrogens is 357 g/mol. The van der Waals surface area contributed by atoms with E-state index in [-0.39, 0.29) is 14.9 Å². The summed E-state index contributed by atoms with van der Waals surface area (Å²) in [6, 6.07) is 0. The van der Waals surface area contributed by atoms with Crippen LogP contribution in [0.3, 0.4) is 0 Å². The van der Waals surface area contributed by atoms with Crippen molar-refractivity contribution in [3.05, 3.63) is 0 Å². The Kier molecular flexibility index (Phi) is 43.0. The van der Waals surface area contributed by atoms with Gasteiger partial charge >= 0.3 is 22.2 Å². The summed E-state index contributed by atoms with van der Waals surface area (Å²) in [6.45, 7) is 4.94. The second-order valence-corrected chi connectivity index (χ2v) is 6.75. The fourth-order valence-corrected chi connectivity index (χ4v) is 2.89. The van der Waals surface area contributed by atoms with Crippen molar-refractivity contribution in [2.24, 2.45) is 0 Å². The van der Waals surface area contributed by atoms with Gasteiger partial charge in [0.15, 0.2) is 0 Å². The van der Waals surface area contributed by atoms with Crippen LogP contribution >= 0.6 is 0 Å². The molecule has 0 bridgehead atoms. The normalized spacial score (nSPS) is 9.81. The van der Waals surface area contributed by atoms with E-state index in [0.29, 0.717) is 0 Å². The van der Waals surface area contributed by atoms with Gasteiger partial charge in [-0.1, -0.05) is 66.2 Å². The minimum absolute atomic E-state index is 0. The van der Waals surface area contributed by atoms with Crippen LogP contribution in [0.5, 0.6) is 0 Å². The molecule has 0 amide bonds. The summed E-state index contributed by atoms with van der Waals surface area (Å²) in [4.78, 5) is 2.53. The van der Waals surface area contributed by atoms with Crippen LogP contribution in [-0.4, -0.2) is 57.5 Å². The second kappa shape index (κ2) is 33.0. The Morgan fingerprint density at radius 2 is 0.846 bits per heavy atom. The third-order valence-electron chi connectivity index (χ3n) is 4.43. The van der Waals surface area contributed by atoms with Crippen molar-refractivity contribution in [1.29, 1.82) is 0 Å². The van der Waals surface area contributed by atoms with Crippen LogP contribution < -0.4 is 10.6 Å². The van der Waals surface area contributed by atoms with E-state index < -0.39 is 0 Å². The van der Waals surface area contributed by atoms with Gasteiger partial charge in [0.2, 0.25) is 0 Å². The first-order chi connectivity index (χ1) is 11.8. The molecule has 0 unspecified atom stereocenters. The van der Waals surface area contributed by atoms with Gasteiger partial charge in [-0.15, -0.1) is 0 Å². The van der Waals surface area contributed by atoms with Crippen LogP contribution in [0.1, 0.15) is 91.9 Å². The Labute approximate surface area is 177 Å². The number of nitrogens with zero attached hydrogens (tertiary/aromatic N) is 1. The summed E-state index contributed by atoms with van der Waals surface area (Å²) in [6.07, 6.45) is 16.7. The van der Waals surface area contributed by atoms with E-state index in [2.05, 4.69) is 44.8 Å². The van der Waals surface area contributed by atoms with Gasteiger partial charge in [0.25, 0.3) is 0 Å². The van der Waals surface area contributed by atoms with Gasteiger partial charge < -0.3 is 15.5 Å². The van der Waals surface area contributed by atoms with Gasteiger partial charge in [0.05, 0.1) is 0 Å². The maximum absolute atomic E-state index is 3.22. The Morgan fingerprint density at radius 1 is 0.577 bits per heavy atom. The van der Waals surface area contributed by atoms with Gasteiger partial charge in [0.1, 0.15) is 0 Å². The molecule has 26 heavy (non-hydrogen) atoms. The third-order valence-corrected chi connectivity index (χ3v) is 4.43. The van der Waals surface area contributed by atoms with E-state index in [4.69, 9.17) is 0 Å². The monoisotopic (exact) mass is 410 g/mol. The van der Waals surface area contributed by atoms with Crippen molar-refractivity contribution in [3.8, 4) is 0 Å². The summed E-state index contributed by atoms with van der Waals surface area (Å²) in [7, 11) is 6.37. The molecule has 0 fully saturated rings. The second-order valence-electron chi connectivity index (χ2n) is 6.75. The predicted molar refractivity (Wildman–Crippen MR) is 121 cm³/mol. The Hall–Kier alpha value is 0.334. The van der Waals surface area contributed by atoms with Gasteiger partial charge in [-0.25, -0.2) is 0 Å². The van der Waals surface area contributed by atoms with Crippen molar-refractivity contribution < 1.29 is 17.0 Å². The Morgan fingerprint density at radius 3 is 1.15 bits per heavy atom. The molecule has 0 rings (SSSR count). The van der Waals surface area contributed by atoms with Gasteiger partial charge in [-0.3, -0.25) is 0 Å². The van der Waals surface area contributed by atoms with Crippen molar-refractivity contribution in [3.63, 3.8) is 0 Å².